The molecule has 0 amide bonds. The Bertz CT molecular complexity index is 1900. The first-order chi connectivity index (χ1) is 21.3. The quantitative estimate of drug-likeness (QED) is 0.185. The molecule has 43 heavy (non-hydrogen) atoms. The molecule has 11 rings (SSSR count). The van der Waals surface area contributed by atoms with E-state index in [0.29, 0.717) is 24.2 Å². The van der Waals surface area contributed by atoms with Crippen LogP contribution in [0.1, 0.15) is 54.9 Å². The summed E-state index contributed by atoms with van der Waals surface area (Å²) in [5.41, 5.74) is 11.1. The maximum Gasteiger partial charge on any atom is 0.133 e. The van der Waals surface area contributed by atoms with Gasteiger partial charge in [0.25, 0.3) is 0 Å². The maximum absolute atomic E-state index is 2.82. The fourth-order valence-electron chi connectivity index (χ4n) is 10.1. The molecule has 3 unspecified atom stereocenters. The molecule has 2 aliphatic carbocycles. The van der Waals surface area contributed by atoms with Crippen LogP contribution in [0, 0.1) is 0 Å². The lowest BCUT2D eigenvalue weighted by molar-refractivity contribution is 0.0878. The monoisotopic (exact) mass is 576 g/mol. The van der Waals surface area contributed by atoms with Crippen molar-refractivity contribution in [2.45, 2.75) is 62.2 Å². The molecule has 0 saturated heterocycles. The van der Waals surface area contributed by atoms with Crippen LogP contribution in [0.2, 0.25) is 0 Å². The molecule has 5 aliphatic heterocycles. The van der Waals surface area contributed by atoms with Crippen LogP contribution in [0.25, 0.3) is 11.1 Å². The fraction of sp³-hybridized carbons (Fsp3) is 0.263. The van der Waals surface area contributed by atoms with Crippen molar-refractivity contribution in [1.29, 1.82) is 0 Å². The second-order valence-electron chi connectivity index (χ2n) is 13.3. The van der Waals surface area contributed by atoms with Crippen molar-refractivity contribution in [1.82, 2.24) is 9.80 Å². The summed E-state index contributed by atoms with van der Waals surface area (Å²) < 4.78 is 0. The van der Waals surface area contributed by atoms with Gasteiger partial charge in [0.05, 0.1) is 28.9 Å². The van der Waals surface area contributed by atoms with Crippen molar-refractivity contribution in [3.8, 4) is 11.1 Å². The third-order valence-corrected chi connectivity index (χ3v) is 14.5. The molecule has 2 bridgehead atoms. The van der Waals surface area contributed by atoms with E-state index in [9.17, 15) is 0 Å². The molecule has 210 valence electrons. The summed E-state index contributed by atoms with van der Waals surface area (Å²) >= 11 is 0. The van der Waals surface area contributed by atoms with Gasteiger partial charge in [-0.25, -0.2) is 0 Å². The number of rotatable bonds is 0. The lowest BCUT2D eigenvalue weighted by Gasteiger charge is -2.51. The number of hydrogen-bond donors (Lipinski definition) is 0. The average Bonchev–Trinajstić information content (AvgIpc) is 3.80. The molecule has 1 saturated carbocycles. The number of fused-ring (bicyclic) bond motifs is 14. The van der Waals surface area contributed by atoms with Gasteiger partial charge in [-0.15, -0.1) is 0 Å². The molecule has 5 heteroatoms. The van der Waals surface area contributed by atoms with Gasteiger partial charge in [0, 0.05) is 43.3 Å². The summed E-state index contributed by atoms with van der Waals surface area (Å²) in [5, 5.41) is 3.18. The van der Waals surface area contributed by atoms with E-state index in [4.69, 9.17) is 0 Å². The molecular formula is C38H33N4P. The van der Waals surface area contributed by atoms with E-state index < -0.39 is 7.92 Å². The molecule has 4 nitrogen and oxygen atoms in total. The largest absolute Gasteiger partial charge is 0.351 e. The van der Waals surface area contributed by atoms with E-state index >= 15 is 0 Å². The first-order valence-electron chi connectivity index (χ1n) is 16.0. The van der Waals surface area contributed by atoms with Crippen molar-refractivity contribution < 1.29 is 0 Å². The van der Waals surface area contributed by atoms with Crippen LogP contribution in [0.15, 0.2) is 110 Å². The highest BCUT2D eigenvalue weighted by molar-refractivity contribution is 7.75. The molecule has 1 fully saturated rings. The van der Waals surface area contributed by atoms with E-state index in [2.05, 4.69) is 136 Å². The summed E-state index contributed by atoms with van der Waals surface area (Å²) in [7, 11) is -0.683. The van der Waals surface area contributed by atoms with Crippen molar-refractivity contribution in [2.24, 2.45) is 0 Å². The van der Waals surface area contributed by atoms with E-state index in [1.807, 2.05) is 0 Å². The maximum atomic E-state index is 2.82. The Labute approximate surface area is 254 Å². The molecular weight excluding hydrogens is 543 g/mol. The number of anilines is 2. The Kier molecular flexibility index (Phi) is 4.32. The normalized spacial score (nSPS) is 28.7. The van der Waals surface area contributed by atoms with Crippen LogP contribution in [0.4, 0.5) is 11.4 Å². The Hall–Kier alpha value is -4.01. The second kappa shape index (κ2) is 7.92. The first kappa shape index (κ1) is 23.4. The van der Waals surface area contributed by atoms with Crippen LogP contribution in [-0.4, -0.2) is 34.0 Å². The van der Waals surface area contributed by atoms with Gasteiger partial charge in [-0.1, -0.05) is 85.6 Å². The lowest BCUT2D eigenvalue weighted by atomic mass is 9.67. The zero-order chi connectivity index (χ0) is 28.0. The predicted octanol–water partition coefficient (Wildman–Crippen LogP) is 6.95. The van der Waals surface area contributed by atoms with Crippen LogP contribution < -0.4 is 20.4 Å². The van der Waals surface area contributed by atoms with Crippen LogP contribution >= 0.6 is 7.92 Å². The number of hydrogen-bond acceptors (Lipinski definition) is 4. The molecule has 0 N–H and O–H groups in total. The van der Waals surface area contributed by atoms with Gasteiger partial charge >= 0.3 is 0 Å². The summed E-state index contributed by atoms with van der Waals surface area (Å²) in [5.74, 6) is 0.330. The van der Waals surface area contributed by atoms with Crippen molar-refractivity contribution in [3.05, 3.63) is 132 Å². The summed E-state index contributed by atoms with van der Waals surface area (Å²) in [4.78, 5) is 10.8. The summed E-state index contributed by atoms with van der Waals surface area (Å²) in [6, 6.07) is 34.0. The highest BCUT2D eigenvalue weighted by Gasteiger charge is 2.59. The van der Waals surface area contributed by atoms with Gasteiger partial charge in [0.2, 0.25) is 0 Å². The van der Waals surface area contributed by atoms with Crippen LogP contribution in [0.5, 0.6) is 0 Å². The average molecular weight is 577 g/mol. The SMILES string of the molecule is C[C@H]1N2C=CN1C1CCCCC1N1C=CN3c4cccc5c4[P@@](c4c2cccc4C52c4ccccc4-c4ccccc42)C31. The van der Waals surface area contributed by atoms with Crippen molar-refractivity contribution >= 4 is 29.9 Å². The molecule has 1 spiro atoms. The Morgan fingerprint density at radius 1 is 0.581 bits per heavy atom. The minimum atomic E-state index is -0.683. The van der Waals surface area contributed by atoms with E-state index in [1.54, 1.807) is 10.6 Å². The van der Waals surface area contributed by atoms with Gasteiger partial charge in [0.1, 0.15) is 12.1 Å². The minimum absolute atomic E-state index is 0.296. The third kappa shape index (κ3) is 2.55. The van der Waals surface area contributed by atoms with E-state index in [-0.39, 0.29) is 5.41 Å². The van der Waals surface area contributed by atoms with Gasteiger partial charge in [-0.2, -0.15) is 0 Å². The Balaban J connectivity index is 1.30. The highest BCUT2D eigenvalue weighted by Crippen LogP contribution is 2.67. The van der Waals surface area contributed by atoms with Gasteiger partial charge in [-0.3, -0.25) is 0 Å². The fourth-order valence-corrected chi connectivity index (χ4v) is 13.6. The summed E-state index contributed by atoms with van der Waals surface area (Å²) in [6.07, 6.45) is 15.2. The molecule has 7 aliphatic rings. The van der Waals surface area contributed by atoms with Gasteiger partial charge < -0.3 is 19.6 Å². The lowest BCUT2D eigenvalue weighted by Crippen LogP contribution is -2.57. The molecule has 5 heterocycles. The number of benzene rings is 4. The highest BCUT2D eigenvalue weighted by atomic mass is 31.1. The van der Waals surface area contributed by atoms with E-state index in [1.165, 1.54) is 70.4 Å². The van der Waals surface area contributed by atoms with Crippen LogP contribution in [0.3, 0.4) is 0 Å². The molecule has 4 aromatic carbocycles. The third-order valence-electron chi connectivity index (χ3n) is 11.7. The van der Waals surface area contributed by atoms with Crippen molar-refractivity contribution in [2.75, 3.05) is 9.80 Å². The Morgan fingerprint density at radius 2 is 1.12 bits per heavy atom. The molecule has 5 atom stereocenters. The van der Waals surface area contributed by atoms with Crippen molar-refractivity contribution in [3.63, 3.8) is 0 Å². The molecule has 0 radical (unpaired) electrons. The van der Waals surface area contributed by atoms with Gasteiger partial charge in [0.15, 0.2) is 0 Å². The topological polar surface area (TPSA) is 13.0 Å². The van der Waals surface area contributed by atoms with Gasteiger partial charge in [-0.05, 0) is 65.3 Å². The number of nitrogens with zero attached hydrogens (tertiary/aromatic N) is 4. The Morgan fingerprint density at radius 3 is 1.79 bits per heavy atom. The first-order valence-corrected chi connectivity index (χ1v) is 17.4. The second-order valence-corrected chi connectivity index (χ2v) is 15.4. The standard InChI is InChI=1S/C38H33N4P/c1-24-39-20-21-40(24)33-18-8-14-29-35(33)43-36-30(38(29)27-12-4-2-10-25(27)26-11-3-5-13-28(26)38)15-9-19-34(36)42-23-22-41(37(42)43)32-17-7-6-16-31(32)39/h2-5,8-15,18-24,31-32,37H,6-7,16-17H2,1H3/t24-,31?,32?,37?,43-/m1/s1. The molecule has 0 aromatic heterocycles. The predicted molar refractivity (Wildman–Crippen MR) is 176 cm³/mol. The summed E-state index contributed by atoms with van der Waals surface area (Å²) in [6.45, 7) is 2.43. The molecule has 4 aromatic rings. The van der Waals surface area contributed by atoms with Crippen LogP contribution in [-0.2, 0) is 5.41 Å². The minimum Gasteiger partial charge on any atom is -0.351 e. The zero-order valence-electron chi connectivity index (χ0n) is 24.3. The smallest absolute Gasteiger partial charge is 0.133 e. The van der Waals surface area contributed by atoms with E-state index in [0.717, 1.165) is 0 Å². The zero-order valence-corrected chi connectivity index (χ0v) is 25.2.